The molecule has 0 saturated heterocycles. The molecule has 23 heavy (non-hydrogen) atoms. The third-order valence-electron chi connectivity index (χ3n) is 4.47. The molecule has 0 radical (unpaired) electrons. The van der Waals surface area contributed by atoms with Crippen LogP contribution in [0.25, 0.3) is 10.8 Å². The van der Waals surface area contributed by atoms with E-state index in [4.69, 9.17) is 4.74 Å². The van der Waals surface area contributed by atoms with Gasteiger partial charge in [-0.05, 0) is 65.1 Å². The summed E-state index contributed by atoms with van der Waals surface area (Å²) in [5.74, 6) is 0.694. The van der Waals surface area contributed by atoms with Gasteiger partial charge in [0.25, 0.3) is 5.91 Å². The van der Waals surface area contributed by atoms with E-state index in [9.17, 15) is 4.79 Å². The lowest BCUT2D eigenvalue weighted by atomic mass is 9.99. The average molecular weight is 303 g/mol. The summed E-state index contributed by atoms with van der Waals surface area (Å²) >= 11 is 0. The first-order valence-electron chi connectivity index (χ1n) is 7.75. The zero-order valence-corrected chi connectivity index (χ0v) is 12.9. The quantitative estimate of drug-likeness (QED) is 0.787. The predicted molar refractivity (Wildman–Crippen MR) is 92.3 cm³/mol. The standard InChI is InChI=1S/C20H17NO2/c1-23-16-10-8-15(9-11-16)21-20(22)18-12-7-14-6-5-13-3-2-4-17(18)19(13)14/h2-4,7-12H,5-6H2,1H3,(H,21,22). The van der Waals surface area contributed by atoms with Crippen molar-refractivity contribution < 1.29 is 9.53 Å². The van der Waals surface area contributed by atoms with E-state index in [1.54, 1.807) is 7.11 Å². The molecule has 0 saturated carbocycles. The number of hydrogen-bond donors (Lipinski definition) is 1. The lowest BCUT2D eigenvalue weighted by molar-refractivity contribution is 0.102. The molecule has 0 unspecified atom stereocenters. The summed E-state index contributed by atoms with van der Waals surface area (Å²) in [6.07, 6.45) is 2.13. The predicted octanol–water partition coefficient (Wildman–Crippen LogP) is 4.20. The van der Waals surface area contributed by atoms with Crippen LogP contribution in [0.15, 0.2) is 54.6 Å². The van der Waals surface area contributed by atoms with Gasteiger partial charge in [-0.25, -0.2) is 0 Å². The number of amides is 1. The molecule has 1 aliphatic rings. The maximum atomic E-state index is 12.7. The fourth-order valence-corrected chi connectivity index (χ4v) is 3.32. The molecule has 3 aromatic rings. The fourth-order valence-electron chi connectivity index (χ4n) is 3.32. The van der Waals surface area contributed by atoms with E-state index in [1.165, 1.54) is 16.5 Å². The van der Waals surface area contributed by atoms with E-state index in [2.05, 4.69) is 17.4 Å². The van der Waals surface area contributed by atoms with E-state index < -0.39 is 0 Å². The number of anilines is 1. The lowest BCUT2D eigenvalue weighted by Gasteiger charge is -2.10. The van der Waals surface area contributed by atoms with Crippen molar-refractivity contribution >= 4 is 22.4 Å². The van der Waals surface area contributed by atoms with Crippen LogP contribution in [0.5, 0.6) is 5.75 Å². The molecule has 0 aromatic heterocycles. The number of rotatable bonds is 3. The SMILES string of the molecule is COc1ccc(NC(=O)c2ccc3c4c(cccc24)CC3)cc1. The molecule has 0 aliphatic heterocycles. The van der Waals surface area contributed by atoms with Gasteiger partial charge in [0, 0.05) is 11.3 Å². The highest BCUT2D eigenvalue weighted by Gasteiger charge is 2.18. The Bertz CT molecular complexity index is 887. The van der Waals surface area contributed by atoms with E-state index in [0.29, 0.717) is 0 Å². The maximum absolute atomic E-state index is 12.7. The number of methoxy groups -OCH3 is 1. The zero-order valence-electron chi connectivity index (χ0n) is 12.9. The van der Waals surface area contributed by atoms with Crippen LogP contribution in [0, 0.1) is 0 Å². The first-order valence-corrected chi connectivity index (χ1v) is 7.75. The molecule has 3 aromatic carbocycles. The van der Waals surface area contributed by atoms with Gasteiger partial charge < -0.3 is 10.1 Å². The van der Waals surface area contributed by atoms with Crippen LogP contribution in [-0.4, -0.2) is 13.0 Å². The van der Waals surface area contributed by atoms with E-state index >= 15 is 0 Å². The molecule has 0 heterocycles. The van der Waals surface area contributed by atoms with Crippen molar-refractivity contribution in [2.45, 2.75) is 12.8 Å². The minimum Gasteiger partial charge on any atom is -0.497 e. The fraction of sp³-hybridized carbons (Fsp3) is 0.150. The molecule has 4 rings (SSSR count). The average Bonchev–Trinajstić information content (AvgIpc) is 3.01. The van der Waals surface area contributed by atoms with Gasteiger partial charge in [-0.2, -0.15) is 0 Å². The Labute approximate surface area is 134 Å². The molecule has 0 spiro atoms. The van der Waals surface area contributed by atoms with Crippen molar-refractivity contribution in [1.29, 1.82) is 0 Å². The van der Waals surface area contributed by atoms with Crippen LogP contribution in [0.4, 0.5) is 5.69 Å². The molecule has 3 nitrogen and oxygen atoms in total. The topological polar surface area (TPSA) is 38.3 Å². The third kappa shape index (κ3) is 2.34. The van der Waals surface area contributed by atoms with Crippen molar-refractivity contribution in [3.8, 4) is 5.75 Å². The summed E-state index contributed by atoms with van der Waals surface area (Å²) in [6, 6.07) is 17.6. The van der Waals surface area contributed by atoms with Gasteiger partial charge in [-0.3, -0.25) is 4.79 Å². The van der Waals surface area contributed by atoms with E-state index in [0.717, 1.165) is 35.2 Å². The Balaban J connectivity index is 1.70. The molecule has 1 aliphatic carbocycles. The van der Waals surface area contributed by atoms with Gasteiger partial charge in [0.1, 0.15) is 5.75 Å². The number of nitrogens with one attached hydrogen (secondary N) is 1. The molecular formula is C20H17NO2. The Kier molecular flexibility index (Phi) is 3.27. The van der Waals surface area contributed by atoms with Gasteiger partial charge in [0.2, 0.25) is 0 Å². The highest BCUT2D eigenvalue weighted by Crippen LogP contribution is 2.33. The number of hydrogen-bond acceptors (Lipinski definition) is 2. The molecule has 0 atom stereocenters. The number of ether oxygens (including phenoxy) is 1. The van der Waals surface area contributed by atoms with Gasteiger partial charge in [0.05, 0.1) is 7.11 Å². The summed E-state index contributed by atoms with van der Waals surface area (Å²) in [5.41, 5.74) is 4.18. The van der Waals surface area contributed by atoms with Crippen LogP contribution < -0.4 is 10.1 Å². The van der Waals surface area contributed by atoms with Crippen LogP contribution in [0.2, 0.25) is 0 Å². The molecular weight excluding hydrogens is 286 g/mol. The number of carbonyl (C=O) groups excluding carboxylic acids is 1. The molecule has 1 N–H and O–H groups in total. The third-order valence-corrected chi connectivity index (χ3v) is 4.47. The molecule has 114 valence electrons. The first kappa shape index (κ1) is 13.8. The number of carbonyl (C=O) groups is 1. The summed E-state index contributed by atoms with van der Waals surface area (Å²) in [6.45, 7) is 0. The van der Waals surface area contributed by atoms with Crippen LogP contribution in [-0.2, 0) is 12.8 Å². The van der Waals surface area contributed by atoms with E-state index in [-0.39, 0.29) is 5.91 Å². The highest BCUT2D eigenvalue weighted by molar-refractivity contribution is 6.14. The van der Waals surface area contributed by atoms with Crippen LogP contribution in [0.1, 0.15) is 21.5 Å². The van der Waals surface area contributed by atoms with Crippen LogP contribution >= 0.6 is 0 Å². The maximum Gasteiger partial charge on any atom is 0.256 e. The second kappa shape index (κ2) is 5.43. The number of aryl methyl sites for hydroxylation is 2. The molecule has 3 heteroatoms. The Morgan fingerprint density at radius 2 is 1.70 bits per heavy atom. The lowest BCUT2D eigenvalue weighted by Crippen LogP contribution is -2.12. The molecule has 1 amide bonds. The largest absolute Gasteiger partial charge is 0.497 e. The van der Waals surface area contributed by atoms with Crippen molar-refractivity contribution in [2.75, 3.05) is 12.4 Å². The summed E-state index contributed by atoms with van der Waals surface area (Å²) in [7, 11) is 1.63. The number of benzene rings is 3. The van der Waals surface area contributed by atoms with Crippen molar-refractivity contribution in [3.05, 3.63) is 71.3 Å². The smallest absolute Gasteiger partial charge is 0.256 e. The summed E-state index contributed by atoms with van der Waals surface area (Å²) < 4.78 is 5.14. The second-order valence-corrected chi connectivity index (χ2v) is 5.79. The second-order valence-electron chi connectivity index (χ2n) is 5.79. The minimum atomic E-state index is -0.0780. The van der Waals surface area contributed by atoms with Gasteiger partial charge in [-0.1, -0.05) is 24.3 Å². The Morgan fingerprint density at radius 1 is 0.957 bits per heavy atom. The molecule has 0 bridgehead atoms. The van der Waals surface area contributed by atoms with Crippen molar-refractivity contribution in [1.82, 2.24) is 0 Å². The Hall–Kier alpha value is -2.81. The first-order chi connectivity index (χ1) is 11.3. The van der Waals surface area contributed by atoms with Gasteiger partial charge in [0.15, 0.2) is 0 Å². The monoisotopic (exact) mass is 303 g/mol. The summed E-state index contributed by atoms with van der Waals surface area (Å²) in [4.78, 5) is 12.7. The summed E-state index contributed by atoms with van der Waals surface area (Å²) in [5, 5.41) is 5.27. The van der Waals surface area contributed by atoms with Gasteiger partial charge >= 0.3 is 0 Å². The van der Waals surface area contributed by atoms with Crippen LogP contribution in [0.3, 0.4) is 0 Å². The Morgan fingerprint density at radius 3 is 2.43 bits per heavy atom. The van der Waals surface area contributed by atoms with Crippen molar-refractivity contribution in [3.63, 3.8) is 0 Å². The molecule has 0 fully saturated rings. The zero-order chi connectivity index (χ0) is 15.8. The van der Waals surface area contributed by atoms with Crippen molar-refractivity contribution in [2.24, 2.45) is 0 Å². The van der Waals surface area contributed by atoms with E-state index in [1.807, 2.05) is 42.5 Å². The van der Waals surface area contributed by atoms with Gasteiger partial charge in [-0.15, -0.1) is 0 Å². The highest BCUT2D eigenvalue weighted by atomic mass is 16.5. The normalized spacial score (nSPS) is 12.4. The minimum absolute atomic E-state index is 0.0780.